The molecule has 0 aromatic carbocycles. The Bertz CT molecular complexity index is 506. The Balaban J connectivity index is 1.69. The fourth-order valence-corrected chi connectivity index (χ4v) is 2.73. The number of rotatable bonds is 3. The normalized spacial score (nSPS) is 26.9. The van der Waals surface area contributed by atoms with Gasteiger partial charge in [-0.25, -0.2) is 0 Å². The minimum atomic E-state index is -0.119. The molecule has 0 bridgehead atoms. The van der Waals surface area contributed by atoms with Gasteiger partial charge in [-0.1, -0.05) is 0 Å². The second-order valence-electron chi connectivity index (χ2n) is 5.39. The van der Waals surface area contributed by atoms with Gasteiger partial charge in [-0.3, -0.25) is 14.3 Å². The van der Waals surface area contributed by atoms with Crippen LogP contribution in [0.25, 0.3) is 0 Å². The molecule has 6 nitrogen and oxygen atoms in total. The van der Waals surface area contributed by atoms with Gasteiger partial charge in [0.15, 0.2) is 0 Å². The van der Waals surface area contributed by atoms with Crippen molar-refractivity contribution in [3.05, 3.63) is 18.0 Å². The quantitative estimate of drug-likeness (QED) is 0.817. The second kappa shape index (κ2) is 4.68. The number of nitrogens with zero attached hydrogens (tertiary/aromatic N) is 2. The van der Waals surface area contributed by atoms with Gasteiger partial charge in [-0.2, -0.15) is 5.10 Å². The van der Waals surface area contributed by atoms with E-state index in [-0.39, 0.29) is 23.9 Å². The Morgan fingerprint density at radius 3 is 2.89 bits per heavy atom. The maximum Gasteiger partial charge on any atom is 0.269 e. The van der Waals surface area contributed by atoms with Crippen LogP contribution in [0.15, 0.2) is 12.3 Å². The minimum absolute atomic E-state index is 0.0348. The number of hydrogen-bond acceptors (Lipinski definition) is 3. The molecule has 102 valence electrons. The fourth-order valence-electron chi connectivity index (χ4n) is 2.73. The molecular weight excluding hydrogens is 244 g/mol. The lowest BCUT2D eigenvalue weighted by Gasteiger charge is -2.33. The molecule has 2 fully saturated rings. The van der Waals surface area contributed by atoms with Gasteiger partial charge in [0.1, 0.15) is 5.69 Å². The van der Waals surface area contributed by atoms with Gasteiger partial charge in [-0.05, 0) is 31.2 Å². The van der Waals surface area contributed by atoms with Crippen molar-refractivity contribution in [3.8, 4) is 0 Å². The van der Waals surface area contributed by atoms with Crippen LogP contribution in [0.3, 0.4) is 0 Å². The van der Waals surface area contributed by atoms with Gasteiger partial charge in [0.2, 0.25) is 5.91 Å². The molecule has 0 spiro atoms. The smallest absolute Gasteiger partial charge is 0.269 e. The third-order valence-electron chi connectivity index (χ3n) is 3.94. The van der Waals surface area contributed by atoms with E-state index in [9.17, 15) is 9.59 Å². The van der Waals surface area contributed by atoms with Crippen molar-refractivity contribution >= 4 is 11.8 Å². The van der Waals surface area contributed by atoms with Crippen LogP contribution in [0.4, 0.5) is 0 Å². The van der Waals surface area contributed by atoms with Crippen molar-refractivity contribution in [1.29, 1.82) is 0 Å². The fraction of sp³-hybridized carbons (Fsp3) is 0.615. The van der Waals surface area contributed by atoms with Crippen molar-refractivity contribution in [2.45, 2.75) is 37.8 Å². The highest BCUT2D eigenvalue weighted by Crippen LogP contribution is 2.36. The van der Waals surface area contributed by atoms with E-state index in [1.165, 1.54) is 0 Å². The molecule has 1 saturated heterocycles. The van der Waals surface area contributed by atoms with Crippen LogP contribution >= 0.6 is 0 Å². The maximum absolute atomic E-state index is 12.2. The summed E-state index contributed by atoms with van der Waals surface area (Å²) in [5.74, 6) is 0.510. The molecule has 0 unspecified atom stereocenters. The molecule has 1 aliphatic heterocycles. The third-order valence-corrected chi connectivity index (χ3v) is 3.94. The number of carbonyl (C=O) groups excluding carboxylic acids is 2. The maximum atomic E-state index is 12.2. The molecule has 0 radical (unpaired) electrons. The Morgan fingerprint density at radius 1 is 1.47 bits per heavy atom. The van der Waals surface area contributed by atoms with Crippen LogP contribution in [0.1, 0.15) is 36.2 Å². The van der Waals surface area contributed by atoms with Gasteiger partial charge in [-0.15, -0.1) is 0 Å². The number of amides is 2. The summed E-state index contributed by atoms with van der Waals surface area (Å²) in [6.07, 6.45) is 5.10. The number of aromatic nitrogens is 2. The van der Waals surface area contributed by atoms with E-state index in [4.69, 9.17) is 0 Å². The van der Waals surface area contributed by atoms with Crippen molar-refractivity contribution in [2.75, 3.05) is 0 Å². The molecule has 1 aliphatic carbocycles. The molecule has 1 aromatic heterocycles. The zero-order valence-electron chi connectivity index (χ0n) is 10.9. The van der Waals surface area contributed by atoms with Crippen molar-refractivity contribution in [1.82, 2.24) is 20.4 Å². The Hall–Kier alpha value is -1.85. The molecule has 1 aromatic rings. The van der Waals surface area contributed by atoms with Gasteiger partial charge in [0.25, 0.3) is 5.91 Å². The first-order valence-electron chi connectivity index (χ1n) is 6.73. The molecule has 2 N–H and O–H groups in total. The lowest BCUT2D eigenvalue weighted by molar-refractivity contribution is -0.124. The summed E-state index contributed by atoms with van der Waals surface area (Å²) in [7, 11) is 1.75. The number of aryl methyl sites for hydroxylation is 1. The van der Waals surface area contributed by atoms with Crippen molar-refractivity contribution in [3.63, 3.8) is 0 Å². The average Bonchev–Trinajstić information content (AvgIpc) is 3.13. The molecule has 2 amide bonds. The first kappa shape index (κ1) is 12.2. The summed E-state index contributed by atoms with van der Waals surface area (Å²) in [6.45, 7) is 0. The van der Waals surface area contributed by atoms with E-state index >= 15 is 0 Å². The highest BCUT2D eigenvalue weighted by Gasteiger charge is 2.40. The highest BCUT2D eigenvalue weighted by atomic mass is 16.2. The van der Waals surface area contributed by atoms with E-state index in [0.717, 1.165) is 19.3 Å². The monoisotopic (exact) mass is 262 g/mol. The number of piperidine rings is 1. The highest BCUT2D eigenvalue weighted by molar-refractivity contribution is 5.92. The van der Waals surface area contributed by atoms with Crippen LogP contribution < -0.4 is 10.6 Å². The summed E-state index contributed by atoms with van der Waals surface area (Å²) in [6, 6.07) is 1.83. The summed E-state index contributed by atoms with van der Waals surface area (Å²) in [5.41, 5.74) is 0.548. The molecule has 19 heavy (non-hydrogen) atoms. The van der Waals surface area contributed by atoms with Crippen LogP contribution in [-0.2, 0) is 11.8 Å². The topological polar surface area (TPSA) is 76.0 Å². The van der Waals surface area contributed by atoms with Gasteiger partial charge < -0.3 is 10.6 Å². The SMILES string of the molecule is Cn1nccc1C(=O)N[C@H]1CCC(=O)N[C@@H]1C1CC1. The zero-order chi connectivity index (χ0) is 13.4. The first-order valence-corrected chi connectivity index (χ1v) is 6.73. The molecule has 1 saturated carbocycles. The van der Waals surface area contributed by atoms with Crippen LogP contribution in [0.2, 0.25) is 0 Å². The summed E-state index contributed by atoms with van der Waals surface area (Å²) in [5, 5.41) is 10.1. The van der Waals surface area contributed by atoms with E-state index in [2.05, 4.69) is 15.7 Å². The Morgan fingerprint density at radius 2 is 2.26 bits per heavy atom. The Labute approximate surface area is 111 Å². The first-order chi connectivity index (χ1) is 9.15. The van der Waals surface area contributed by atoms with Crippen molar-refractivity contribution < 1.29 is 9.59 Å². The second-order valence-corrected chi connectivity index (χ2v) is 5.39. The predicted octanol–water partition coefficient (Wildman–Crippen LogP) is 0.207. The van der Waals surface area contributed by atoms with Gasteiger partial charge in [0, 0.05) is 19.7 Å². The van der Waals surface area contributed by atoms with E-state index in [1.807, 2.05) is 0 Å². The number of carbonyl (C=O) groups is 2. The molecular formula is C13H18N4O2. The van der Waals surface area contributed by atoms with Crippen LogP contribution in [0.5, 0.6) is 0 Å². The van der Waals surface area contributed by atoms with E-state index in [0.29, 0.717) is 18.0 Å². The van der Waals surface area contributed by atoms with E-state index < -0.39 is 0 Å². The van der Waals surface area contributed by atoms with Crippen LogP contribution in [0, 0.1) is 5.92 Å². The molecule has 2 atom stereocenters. The minimum Gasteiger partial charge on any atom is -0.351 e. The molecule has 2 aliphatic rings. The third kappa shape index (κ3) is 2.47. The lowest BCUT2D eigenvalue weighted by atomic mass is 9.94. The summed E-state index contributed by atoms with van der Waals surface area (Å²) >= 11 is 0. The van der Waals surface area contributed by atoms with Gasteiger partial charge >= 0.3 is 0 Å². The van der Waals surface area contributed by atoms with Gasteiger partial charge in [0.05, 0.1) is 12.1 Å². The predicted molar refractivity (Wildman–Crippen MR) is 68.4 cm³/mol. The summed E-state index contributed by atoms with van der Waals surface area (Å²) in [4.78, 5) is 23.7. The largest absolute Gasteiger partial charge is 0.351 e. The number of nitrogens with one attached hydrogen (secondary N) is 2. The molecule has 6 heteroatoms. The Kier molecular flexibility index (Phi) is 3.00. The van der Waals surface area contributed by atoms with Crippen LogP contribution in [-0.4, -0.2) is 33.7 Å². The van der Waals surface area contributed by atoms with Crippen molar-refractivity contribution in [2.24, 2.45) is 13.0 Å². The standard InChI is InChI=1S/C13H18N4O2/c1-17-10(6-7-14-17)13(19)15-9-4-5-11(18)16-12(9)8-2-3-8/h6-9,12H,2-5H2,1H3,(H,15,19)(H,16,18)/t9-,12+/m0/s1. The van der Waals surface area contributed by atoms with E-state index in [1.54, 1.807) is 24.0 Å². The molecule has 3 rings (SSSR count). The number of hydrogen-bond donors (Lipinski definition) is 2. The molecule has 2 heterocycles. The summed E-state index contributed by atoms with van der Waals surface area (Å²) < 4.78 is 1.56. The average molecular weight is 262 g/mol. The zero-order valence-corrected chi connectivity index (χ0v) is 10.9. The lowest BCUT2D eigenvalue weighted by Crippen LogP contribution is -2.56.